The van der Waals surface area contributed by atoms with Crippen molar-refractivity contribution < 1.29 is 4.84 Å². The molecule has 0 amide bonds. The van der Waals surface area contributed by atoms with Crippen molar-refractivity contribution in [2.75, 3.05) is 0 Å². The van der Waals surface area contributed by atoms with Gasteiger partial charge in [0.15, 0.2) is 0 Å². The summed E-state index contributed by atoms with van der Waals surface area (Å²) in [6.45, 7) is 0.414. The van der Waals surface area contributed by atoms with Gasteiger partial charge in [-0.25, -0.2) is 0 Å². The third-order valence-electron chi connectivity index (χ3n) is 2.16. The minimum Gasteiger partial charge on any atom is -0.390 e. The van der Waals surface area contributed by atoms with E-state index in [0.717, 1.165) is 11.1 Å². The van der Waals surface area contributed by atoms with E-state index in [9.17, 15) is 0 Å². The fourth-order valence-corrected chi connectivity index (χ4v) is 1.41. The molecule has 0 unspecified atom stereocenters. The summed E-state index contributed by atoms with van der Waals surface area (Å²) in [5.74, 6) is 0. The maximum absolute atomic E-state index is 5.78. The SMILES string of the molecule is Clc1ccc(CO/N=[C]\c2ccccc2)cc1. The van der Waals surface area contributed by atoms with Gasteiger partial charge in [0.1, 0.15) is 12.8 Å². The van der Waals surface area contributed by atoms with Crippen LogP contribution in [0.25, 0.3) is 0 Å². The lowest BCUT2D eigenvalue weighted by molar-refractivity contribution is 0.132. The second-order valence-electron chi connectivity index (χ2n) is 3.47. The van der Waals surface area contributed by atoms with Crippen LogP contribution in [-0.4, -0.2) is 6.21 Å². The highest BCUT2D eigenvalue weighted by Gasteiger charge is 1.92. The Kier molecular flexibility index (Phi) is 4.17. The summed E-state index contributed by atoms with van der Waals surface area (Å²) in [6.07, 6.45) is 2.80. The highest BCUT2D eigenvalue weighted by atomic mass is 35.5. The largest absolute Gasteiger partial charge is 0.390 e. The van der Waals surface area contributed by atoms with Gasteiger partial charge in [0, 0.05) is 10.6 Å². The quantitative estimate of drug-likeness (QED) is 0.593. The van der Waals surface area contributed by atoms with Crippen LogP contribution in [0.5, 0.6) is 0 Å². The smallest absolute Gasteiger partial charge is 0.142 e. The fourth-order valence-electron chi connectivity index (χ4n) is 1.29. The Morgan fingerprint density at radius 3 is 2.41 bits per heavy atom. The zero-order valence-electron chi connectivity index (χ0n) is 9.14. The Bertz CT molecular complexity index is 479. The maximum atomic E-state index is 5.78. The molecule has 3 heteroatoms. The molecule has 2 aromatic carbocycles. The van der Waals surface area contributed by atoms with Crippen molar-refractivity contribution >= 4 is 17.8 Å². The van der Waals surface area contributed by atoms with E-state index in [1.807, 2.05) is 54.6 Å². The normalized spacial score (nSPS) is 10.6. The fraction of sp³-hybridized carbons (Fsp3) is 0.0714. The van der Waals surface area contributed by atoms with Crippen LogP contribution in [-0.2, 0) is 11.4 Å². The Labute approximate surface area is 105 Å². The van der Waals surface area contributed by atoms with E-state index in [0.29, 0.717) is 11.6 Å². The van der Waals surface area contributed by atoms with E-state index in [1.54, 1.807) is 0 Å². The van der Waals surface area contributed by atoms with Gasteiger partial charge in [-0.05, 0) is 17.7 Å². The summed E-state index contributed by atoms with van der Waals surface area (Å²) in [7, 11) is 0. The second-order valence-corrected chi connectivity index (χ2v) is 3.91. The van der Waals surface area contributed by atoms with Crippen molar-refractivity contribution in [3.63, 3.8) is 0 Å². The Morgan fingerprint density at radius 1 is 1.00 bits per heavy atom. The Balaban J connectivity index is 1.84. The lowest BCUT2D eigenvalue weighted by Crippen LogP contribution is -1.87. The number of hydrogen-bond acceptors (Lipinski definition) is 2. The molecule has 0 saturated heterocycles. The summed E-state index contributed by atoms with van der Waals surface area (Å²) < 4.78 is 0. The van der Waals surface area contributed by atoms with Crippen molar-refractivity contribution in [3.8, 4) is 0 Å². The van der Waals surface area contributed by atoms with Gasteiger partial charge in [0.05, 0.1) is 0 Å². The predicted octanol–water partition coefficient (Wildman–Crippen LogP) is 3.77. The van der Waals surface area contributed by atoms with Gasteiger partial charge >= 0.3 is 0 Å². The predicted molar refractivity (Wildman–Crippen MR) is 69.2 cm³/mol. The van der Waals surface area contributed by atoms with Crippen LogP contribution in [0.3, 0.4) is 0 Å². The molecule has 0 bridgehead atoms. The van der Waals surface area contributed by atoms with E-state index < -0.39 is 0 Å². The van der Waals surface area contributed by atoms with Gasteiger partial charge < -0.3 is 4.84 Å². The number of hydrogen-bond donors (Lipinski definition) is 0. The summed E-state index contributed by atoms with van der Waals surface area (Å²) in [4.78, 5) is 5.13. The minimum absolute atomic E-state index is 0.414. The van der Waals surface area contributed by atoms with E-state index >= 15 is 0 Å². The molecule has 1 radical (unpaired) electrons. The molecule has 2 aromatic rings. The first-order chi connectivity index (χ1) is 8.34. The number of halogens is 1. The Morgan fingerprint density at radius 2 is 1.71 bits per heavy atom. The lowest BCUT2D eigenvalue weighted by atomic mass is 10.2. The second kappa shape index (κ2) is 6.06. The molecule has 0 saturated carbocycles. The van der Waals surface area contributed by atoms with Crippen LogP contribution in [0.15, 0.2) is 59.8 Å². The van der Waals surface area contributed by atoms with Gasteiger partial charge in [-0.2, -0.15) is 0 Å². The average molecular weight is 245 g/mol. The summed E-state index contributed by atoms with van der Waals surface area (Å²) in [6, 6.07) is 17.1. The van der Waals surface area contributed by atoms with Crippen LogP contribution in [0.4, 0.5) is 0 Å². The highest BCUT2D eigenvalue weighted by Crippen LogP contribution is 2.10. The number of nitrogens with zero attached hydrogens (tertiary/aromatic N) is 1. The molecule has 0 aliphatic carbocycles. The maximum Gasteiger partial charge on any atom is 0.142 e. The molecular formula is C14H11ClNO. The molecule has 0 atom stereocenters. The topological polar surface area (TPSA) is 21.6 Å². The zero-order chi connectivity index (χ0) is 11.9. The standard InChI is InChI=1S/C14H11ClNO/c15-14-8-6-13(7-9-14)11-17-16-10-12-4-2-1-3-5-12/h1-9H,11H2. The monoisotopic (exact) mass is 244 g/mol. The van der Waals surface area contributed by atoms with Crippen LogP contribution < -0.4 is 0 Å². The van der Waals surface area contributed by atoms with Gasteiger partial charge in [-0.1, -0.05) is 59.2 Å². The van der Waals surface area contributed by atoms with Gasteiger partial charge in [-0.3, -0.25) is 0 Å². The molecule has 0 spiro atoms. The van der Waals surface area contributed by atoms with E-state index in [2.05, 4.69) is 11.4 Å². The van der Waals surface area contributed by atoms with Crippen LogP contribution in [0, 0.1) is 0 Å². The molecule has 0 heterocycles. The van der Waals surface area contributed by atoms with E-state index in [1.165, 1.54) is 0 Å². The molecule has 2 rings (SSSR count). The van der Waals surface area contributed by atoms with Crippen molar-refractivity contribution in [3.05, 3.63) is 70.7 Å². The van der Waals surface area contributed by atoms with Crippen LogP contribution >= 0.6 is 11.6 Å². The highest BCUT2D eigenvalue weighted by molar-refractivity contribution is 6.30. The van der Waals surface area contributed by atoms with Crippen molar-refractivity contribution in [1.29, 1.82) is 0 Å². The third-order valence-corrected chi connectivity index (χ3v) is 2.41. The number of rotatable bonds is 4. The van der Waals surface area contributed by atoms with E-state index in [4.69, 9.17) is 16.4 Å². The van der Waals surface area contributed by atoms with Crippen molar-refractivity contribution in [2.45, 2.75) is 6.61 Å². The molecule has 0 fully saturated rings. The molecule has 17 heavy (non-hydrogen) atoms. The molecular weight excluding hydrogens is 234 g/mol. The van der Waals surface area contributed by atoms with Crippen LogP contribution in [0.2, 0.25) is 5.02 Å². The van der Waals surface area contributed by atoms with Crippen molar-refractivity contribution in [2.24, 2.45) is 5.16 Å². The average Bonchev–Trinajstić information content (AvgIpc) is 2.38. The lowest BCUT2D eigenvalue weighted by Gasteiger charge is -1.99. The van der Waals surface area contributed by atoms with Crippen LogP contribution in [0.1, 0.15) is 11.1 Å². The molecule has 85 valence electrons. The molecule has 0 N–H and O–H groups in total. The number of benzene rings is 2. The summed E-state index contributed by atoms with van der Waals surface area (Å²) >= 11 is 5.78. The summed E-state index contributed by atoms with van der Waals surface area (Å²) in [5, 5.41) is 4.49. The van der Waals surface area contributed by atoms with Crippen molar-refractivity contribution in [1.82, 2.24) is 0 Å². The van der Waals surface area contributed by atoms with Gasteiger partial charge in [-0.15, -0.1) is 0 Å². The first-order valence-corrected chi connectivity index (χ1v) is 5.60. The zero-order valence-corrected chi connectivity index (χ0v) is 9.89. The molecule has 2 nitrogen and oxygen atoms in total. The molecule has 0 aliphatic heterocycles. The van der Waals surface area contributed by atoms with Gasteiger partial charge in [0.25, 0.3) is 0 Å². The third kappa shape index (κ3) is 3.93. The molecule has 0 aliphatic rings. The van der Waals surface area contributed by atoms with E-state index in [-0.39, 0.29) is 0 Å². The van der Waals surface area contributed by atoms with Gasteiger partial charge in [0.2, 0.25) is 0 Å². The Hall–Kier alpha value is -1.80. The summed E-state index contributed by atoms with van der Waals surface area (Å²) in [5.41, 5.74) is 1.91. The first kappa shape index (κ1) is 11.7. The first-order valence-electron chi connectivity index (χ1n) is 5.22. The molecule has 0 aromatic heterocycles. The minimum atomic E-state index is 0.414.